The minimum absolute atomic E-state index is 0.346. The standard InChI is InChI=1S/C10H11ClO/c1-7-2-3-8-6-9(11)4-5-10(8)12-7/h4-7H,2-3H2,1H3. The van der Waals surface area contributed by atoms with Gasteiger partial charge in [-0.1, -0.05) is 11.6 Å². The van der Waals surface area contributed by atoms with Crippen LogP contribution in [-0.2, 0) is 6.42 Å². The number of hydrogen-bond donors (Lipinski definition) is 0. The zero-order valence-corrected chi connectivity index (χ0v) is 7.77. The van der Waals surface area contributed by atoms with Gasteiger partial charge in [0.1, 0.15) is 5.75 Å². The van der Waals surface area contributed by atoms with Gasteiger partial charge in [0, 0.05) is 5.02 Å². The normalized spacial score (nSPS) is 21.3. The van der Waals surface area contributed by atoms with E-state index in [1.807, 2.05) is 18.2 Å². The highest BCUT2D eigenvalue weighted by molar-refractivity contribution is 6.30. The van der Waals surface area contributed by atoms with Gasteiger partial charge in [-0.3, -0.25) is 0 Å². The molecule has 0 spiro atoms. The van der Waals surface area contributed by atoms with E-state index in [0.29, 0.717) is 6.10 Å². The predicted molar refractivity (Wildman–Crippen MR) is 49.9 cm³/mol. The fourth-order valence-corrected chi connectivity index (χ4v) is 1.69. The van der Waals surface area contributed by atoms with Crippen molar-refractivity contribution in [1.29, 1.82) is 0 Å². The second kappa shape index (κ2) is 2.98. The molecule has 0 fully saturated rings. The fraction of sp³-hybridized carbons (Fsp3) is 0.400. The zero-order chi connectivity index (χ0) is 8.55. The molecule has 1 unspecified atom stereocenters. The lowest BCUT2D eigenvalue weighted by Crippen LogP contribution is -2.18. The molecule has 12 heavy (non-hydrogen) atoms. The third kappa shape index (κ3) is 1.42. The third-order valence-corrected chi connectivity index (χ3v) is 2.41. The topological polar surface area (TPSA) is 9.23 Å². The molecule has 1 heterocycles. The fourth-order valence-electron chi connectivity index (χ4n) is 1.49. The van der Waals surface area contributed by atoms with Gasteiger partial charge in [0.2, 0.25) is 0 Å². The van der Waals surface area contributed by atoms with E-state index < -0.39 is 0 Å². The largest absolute Gasteiger partial charge is 0.490 e. The van der Waals surface area contributed by atoms with Crippen LogP contribution in [-0.4, -0.2) is 6.10 Å². The highest BCUT2D eigenvalue weighted by Crippen LogP contribution is 2.29. The first-order valence-electron chi connectivity index (χ1n) is 4.21. The van der Waals surface area contributed by atoms with Gasteiger partial charge < -0.3 is 4.74 Å². The van der Waals surface area contributed by atoms with Crippen LogP contribution in [0.15, 0.2) is 18.2 Å². The molecule has 0 amide bonds. The van der Waals surface area contributed by atoms with Gasteiger partial charge in [-0.25, -0.2) is 0 Å². The number of ether oxygens (including phenoxy) is 1. The molecule has 1 aromatic rings. The highest BCUT2D eigenvalue weighted by atomic mass is 35.5. The Morgan fingerprint density at radius 3 is 3.17 bits per heavy atom. The van der Waals surface area contributed by atoms with Gasteiger partial charge in [0.15, 0.2) is 0 Å². The number of fused-ring (bicyclic) bond motifs is 1. The van der Waals surface area contributed by atoms with E-state index >= 15 is 0 Å². The molecule has 2 rings (SSSR count). The molecular formula is C10H11ClO. The number of benzene rings is 1. The van der Waals surface area contributed by atoms with Gasteiger partial charge in [-0.2, -0.15) is 0 Å². The highest BCUT2D eigenvalue weighted by Gasteiger charge is 2.15. The quantitative estimate of drug-likeness (QED) is 0.599. The van der Waals surface area contributed by atoms with Crippen molar-refractivity contribution >= 4 is 11.6 Å². The number of halogens is 1. The monoisotopic (exact) mass is 182 g/mol. The summed E-state index contributed by atoms with van der Waals surface area (Å²) in [5.41, 5.74) is 1.24. The average Bonchev–Trinajstić information content (AvgIpc) is 2.05. The van der Waals surface area contributed by atoms with Crippen LogP contribution in [0.25, 0.3) is 0 Å². The summed E-state index contributed by atoms with van der Waals surface area (Å²) >= 11 is 5.86. The van der Waals surface area contributed by atoms with Crippen LogP contribution in [0, 0.1) is 0 Å². The summed E-state index contributed by atoms with van der Waals surface area (Å²) in [4.78, 5) is 0. The Morgan fingerprint density at radius 2 is 2.33 bits per heavy atom. The van der Waals surface area contributed by atoms with Crippen molar-refractivity contribution in [3.63, 3.8) is 0 Å². The van der Waals surface area contributed by atoms with Crippen LogP contribution >= 0.6 is 11.6 Å². The molecule has 0 bridgehead atoms. The van der Waals surface area contributed by atoms with Gasteiger partial charge >= 0.3 is 0 Å². The van der Waals surface area contributed by atoms with Crippen LogP contribution in [0.3, 0.4) is 0 Å². The SMILES string of the molecule is CC1CCc2cc(Cl)ccc2O1. The van der Waals surface area contributed by atoms with Crippen LogP contribution in [0.2, 0.25) is 5.02 Å². The Morgan fingerprint density at radius 1 is 1.50 bits per heavy atom. The molecule has 0 saturated carbocycles. The summed E-state index contributed by atoms with van der Waals surface area (Å²) in [7, 11) is 0. The van der Waals surface area contributed by atoms with E-state index in [2.05, 4.69) is 6.92 Å². The minimum atomic E-state index is 0.346. The first-order valence-corrected chi connectivity index (χ1v) is 4.58. The van der Waals surface area contributed by atoms with E-state index in [4.69, 9.17) is 16.3 Å². The van der Waals surface area contributed by atoms with E-state index in [9.17, 15) is 0 Å². The first kappa shape index (κ1) is 7.93. The molecule has 0 aliphatic carbocycles. The molecule has 64 valence electrons. The lowest BCUT2D eigenvalue weighted by molar-refractivity contribution is 0.192. The summed E-state index contributed by atoms with van der Waals surface area (Å²) < 4.78 is 5.63. The van der Waals surface area contributed by atoms with Crippen LogP contribution < -0.4 is 4.74 Å². The molecule has 1 aliphatic heterocycles. The van der Waals surface area contributed by atoms with Crippen molar-refractivity contribution in [2.75, 3.05) is 0 Å². The maximum Gasteiger partial charge on any atom is 0.122 e. The average molecular weight is 183 g/mol. The summed E-state index contributed by atoms with van der Waals surface area (Å²) in [6, 6.07) is 5.81. The molecule has 0 radical (unpaired) electrons. The molecular weight excluding hydrogens is 172 g/mol. The summed E-state index contributed by atoms with van der Waals surface area (Å²) in [6.07, 6.45) is 2.52. The van der Waals surface area contributed by atoms with Gasteiger partial charge in [-0.05, 0) is 43.5 Å². The number of hydrogen-bond acceptors (Lipinski definition) is 1. The number of rotatable bonds is 0. The van der Waals surface area contributed by atoms with E-state index in [0.717, 1.165) is 23.6 Å². The minimum Gasteiger partial charge on any atom is -0.490 e. The second-order valence-corrected chi connectivity index (χ2v) is 3.66. The van der Waals surface area contributed by atoms with Crippen molar-refractivity contribution in [1.82, 2.24) is 0 Å². The molecule has 0 aromatic heterocycles. The van der Waals surface area contributed by atoms with Crippen molar-refractivity contribution in [2.45, 2.75) is 25.9 Å². The van der Waals surface area contributed by atoms with Gasteiger partial charge in [0.05, 0.1) is 6.10 Å². The van der Waals surface area contributed by atoms with Crippen LogP contribution in [0.1, 0.15) is 18.9 Å². The zero-order valence-electron chi connectivity index (χ0n) is 7.01. The van der Waals surface area contributed by atoms with E-state index in [1.54, 1.807) is 0 Å². The molecule has 1 aliphatic rings. The van der Waals surface area contributed by atoms with Crippen molar-refractivity contribution in [3.05, 3.63) is 28.8 Å². The van der Waals surface area contributed by atoms with Gasteiger partial charge in [0.25, 0.3) is 0 Å². The summed E-state index contributed by atoms with van der Waals surface area (Å²) in [5, 5.41) is 0.798. The summed E-state index contributed by atoms with van der Waals surface area (Å²) in [6.45, 7) is 2.09. The van der Waals surface area contributed by atoms with Gasteiger partial charge in [-0.15, -0.1) is 0 Å². The Labute approximate surface area is 77.3 Å². The predicted octanol–water partition coefficient (Wildman–Crippen LogP) is 3.05. The van der Waals surface area contributed by atoms with E-state index in [1.165, 1.54) is 5.56 Å². The lowest BCUT2D eigenvalue weighted by atomic mass is 10.0. The molecule has 0 saturated heterocycles. The van der Waals surface area contributed by atoms with Crippen molar-refractivity contribution in [3.8, 4) is 5.75 Å². The molecule has 1 aromatic carbocycles. The number of aryl methyl sites for hydroxylation is 1. The molecule has 0 N–H and O–H groups in total. The molecule has 1 atom stereocenters. The van der Waals surface area contributed by atoms with Crippen LogP contribution in [0.4, 0.5) is 0 Å². The Hall–Kier alpha value is -0.690. The third-order valence-electron chi connectivity index (χ3n) is 2.17. The van der Waals surface area contributed by atoms with E-state index in [-0.39, 0.29) is 0 Å². The second-order valence-electron chi connectivity index (χ2n) is 3.22. The maximum absolute atomic E-state index is 5.86. The van der Waals surface area contributed by atoms with Crippen molar-refractivity contribution < 1.29 is 4.74 Å². The lowest BCUT2D eigenvalue weighted by Gasteiger charge is -2.23. The molecule has 1 nitrogen and oxygen atoms in total. The van der Waals surface area contributed by atoms with Crippen molar-refractivity contribution in [2.24, 2.45) is 0 Å². The first-order chi connectivity index (χ1) is 5.75. The maximum atomic E-state index is 5.86. The molecule has 2 heteroatoms. The Kier molecular flexibility index (Phi) is 1.97. The summed E-state index contributed by atoms with van der Waals surface area (Å²) in [5.74, 6) is 0.998. The smallest absolute Gasteiger partial charge is 0.122 e. The van der Waals surface area contributed by atoms with Crippen LogP contribution in [0.5, 0.6) is 5.75 Å². The Balaban J connectivity index is 2.37. The Bertz CT molecular complexity index is 296.